The van der Waals surface area contributed by atoms with E-state index in [-0.39, 0.29) is 24.4 Å². The van der Waals surface area contributed by atoms with Gasteiger partial charge in [-0.05, 0) is 23.8 Å². The van der Waals surface area contributed by atoms with Crippen LogP contribution in [0.1, 0.15) is 24.8 Å². The Morgan fingerprint density at radius 2 is 2.06 bits per heavy atom. The van der Waals surface area contributed by atoms with Crippen molar-refractivity contribution in [2.24, 2.45) is 5.92 Å². The summed E-state index contributed by atoms with van der Waals surface area (Å²) in [6.07, 6.45) is 3.95. The summed E-state index contributed by atoms with van der Waals surface area (Å²) in [5, 5.41) is 9.15. The summed E-state index contributed by atoms with van der Waals surface area (Å²) in [6, 6.07) is 10.0. The summed E-state index contributed by atoms with van der Waals surface area (Å²) in [7, 11) is 1.36. The van der Waals surface area contributed by atoms with Crippen LogP contribution in [0.3, 0.4) is 0 Å². The first-order valence-electron chi connectivity index (χ1n) is 6.11. The van der Waals surface area contributed by atoms with Gasteiger partial charge in [0, 0.05) is 12.7 Å². The van der Waals surface area contributed by atoms with E-state index >= 15 is 0 Å². The van der Waals surface area contributed by atoms with Crippen molar-refractivity contribution < 1.29 is 14.6 Å². The summed E-state index contributed by atoms with van der Waals surface area (Å²) in [6.45, 7) is 2.17. The minimum absolute atomic E-state index is 0.135. The van der Waals surface area contributed by atoms with Gasteiger partial charge in [-0.2, -0.15) is 0 Å². The summed E-state index contributed by atoms with van der Waals surface area (Å²) in [5.41, 5.74) is 1.17. The second-order valence-electron chi connectivity index (χ2n) is 4.27. The zero-order chi connectivity index (χ0) is 13.4. The Kier molecular flexibility index (Phi) is 6.15. The van der Waals surface area contributed by atoms with Crippen LogP contribution < -0.4 is 0 Å². The highest BCUT2D eigenvalue weighted by molar-refractivity contribution is 5.81. The number of aliphatic hydroxyl groups is 1. The first kappa shape index (κ1) is 14.5. The van der Waals surface area contributed by atoms with E-state index in [1.807, 2.05) is 43.3 Å². The fourth-order valence-electron chi connectivity index (χ4n) is 2.00. The van der Waals surface area contributed by atoms with E-state index in [1.54, 1.807) is 0 Å². The molecule has 2 atom stereocenters. The van der Waals surface area contributed by atoms with Gasteiger partial charge in [-0.15, -0.1) is 0 Å². The fourth-order valence-corrected chi connectivity index (χ4v) is 2.00. The molecule has 1 aromatic carbocycles. The number of benzene rings is 1. The van der Waals surface area contributed by atoms with Crippen LogP contribution in [0, 0.1) is 5.92 Å². The van der Waals surface area contributed by atoms with E-state index in [2.05, 4.69) is 4.74 Å². The number of rotatable bonds is 6. The Labute approximate surface area is 108 Å². The molecule has 3 nitrogen and oxygen atoms in total. The third-order valence-electron chi connectivity index (χ3n) is 3.04. The molecule has 1 aromatic rings. The molecule has 0 bridgehead atoms. The lowest BCUT2D eigenvalue weighted by molar-refractivity contribution is -0.134. The number of hydrogen-bond donors (Lipinski definition) is 1. The molecule has 1 N–H and O–H groups in total. The van der Waals surface area contributed by atoms with Crippen LogP contribution in [0.5, 0.6) is 0 Å². The molecule has 0 radical (unpaired) electrons. The van der Waals surface area contributed by atoms with E-state index in [9.17, 15) is 4.79 Å². The largest absolute Gasteiger partial charge is 0.466 e. The van der Waals surface area contributed by atoms with Gasteiger partial charge < -0.3 is 9.84 Å². The van der Waals surface area contributed by atoms with Crippen molar-refractivity contribution in [3.05, 3.63) is 48.0 Å². The van der Waals surface area contributed by atoms with Crippen LogP contribution in [0.2, 0.25) is 0 Å². The second kappa shape index (κ2) is 7.67. The van der Waals surface area contributed by atoms with Crippen molar-refractivity contribution >= 4 is 5.97 Å². The molecule has 3 heteroatoms. The Balaban J connectivity index is 2.79. The molecule has 1 rings (SSSR count). The maximum atomic E-state index is 11.1. The maximum absolute atomic E-state index is 11.1. The Bertz CT molecular complexity index is 384. The van der Waals surface area contributed by atoms with Crippen LogP contribution in [0.25, 0.3) is 0 Å². The molecule has 0 spiro atoms. The first-order chi connectivity index (χ1) is 8.69. The number of ether oxygens (including phenoxy) is 1. The third-order valence-corrected chi connectivity index (χ3v) is 3.04. The monoisotopic (exact) mass is 248 g/mol. The number of allylic oxidation sites excluding steroid dienone is 1. The predicted octanol–water partition coefficient (Wildman–Crippen LogP) is 2.52. The minimum atomic E-state index is -0.349. The summed E-state index contributed by atoms with van der Waals surface area (Å²) >= 11 is 0. The van der Waals surface area contributed by atoms with Crippen molar-refractivity contribution in [3.63, 3.8) is 0 Å². The number of carbonyl (C=O) groups excluding carboxylic acids is 1. The topological polar surface area (TPSA) is 46.5 Å². The lowest BCUT2D eigenvalue weighted by Crippen LogP contribution is -2.10. The van der Waals surface area contributed by atoms with Crippen LogP contribution in [0.4, 0.5) is 0 Å². The van der Waals surface area contributed by atoms with Gasteiger partial charge in [0.25, 0.3) is 0 Å². The van der Waals surface area contributed by atoms with Crippen molar-refractivity contribution in [1.29, 1.82) is 0 Å². The number of hydrogen-bond acceptors (Lipinski definition) is 3. The van der Waals surface area contributed by atoms with Crippen molar-refractivity contribution in [2.45, 2.75) is 19.3 Å². The molecule has 0 heterocycles. The Hall–Kier alpha value is -1.61. The molecule has 0 fully saturated rings. The van der Waals surface area contributed by atoms with Gasteiger partial charge >= 0.3 is 5.97 Å². The van der Waals surface area contributed by atoms with Gasteiger partial charge in [0.05, 0.1) is 7.11 Å². The van der Waals surface area contributed by atoms with Crippen molar-refractivity contribution in [2.75, 3.05) is 13.7 Å². The van der Waals surface area contributed by atoms with Gasteiger partial charge in [-0.1, -0.05) is 43.3 Å². The number of aliphatic hydroxyl groups excluding tert-OH is 1. The van der Waals surface area contributed by atoms with Gasteiger partial charge in [0.15, 0.2) is 0 Å². The standard InChI is InChI=1S/C15H20O3/c1-12(8-9-15(17)18-2)14(10-11-16)13-6-4-3-5-7-13/h3-9,12,14,16H,10-11H2,1-2H3/b9-8+/t12-,14+/m0/s1. The second-order valence-corrected chi connectivity index (χ2v) is 4.27. The predicted molar refractivity (Wildman–Crippen MR) is 71.2 cm³/mol. The molecule has 0 saturated heterocycles. The van der Waals surface area contributed by atoms with Crippen LogP contribution >= 0.6 is 0 Å². The van der Waals surface area contributed by atoms with Crippen LogP contribution in [-0.2, 0) is 9.53 Å². The van der Waals surface area contributed by atoms with E-state index < -0.39 is 0 Å². The number of esters is 1. The molecule has 0 unspecified atom stereocenters. The molecule has 0 saturated carbocycles. The highest BCUT2D eigenvalue weighted by Gasteiger charge is 2.16. The minimum Gasteiger partial charge on any atom is -0.466 e. The van der Waals surface area contributed by atoms with E-state index in [1.165, 1.54) is 18.7 Å². The zero-order valence-corrected chi connectivity index (χ0v) is 10.9. The molecule has 18 heavy (non-hydrogen) atoms. The summed E-state index contributed by atoms with van der Waals surface area (Å²) < 4.78 is 4.57. The van der Waals surface area contributed by atoms with Crippen LogP contribution in [0.15, 0.2) is 42.5 Å². The first-order valence-corrected chi connectivity index (χ1v) is 6.11. The lowest BCUT2D eigenvalue weighted by Gasteiger charge is -2.21. The molecule has 0 aromatic heterocycles. The smallest absolute Gasteiger partial charge is 0.330 e. The Morgan fingerprint density at radius 1 is 1.39 bits per heavy atom. The zero-order valence-electron chi connectivity index (χ0n) is 10.9. The molecular weight excluding hydrogens is 228 g/mol. The lowest BCUT2D eigenvalue weighted by atomic mass is 9.84. The molecular formula is C15H20O3. The van der Waals surface area contributed by atoms with E-state index in [0.29, 0.717) is 6.42 Å². The highest BCUT2D eigenvalue weighted by atomic mass is 16.5. The average molecular weight is 248 g/mol. The molecule has 0 aliphatic rings. The Morgan fingerprint density at radius 3 is 2.61 bits per heavy atom. The maximum Gasteiger partial charge on any atom is 0.330 e. The van der Waals surface area contributed by atoms with Gasteiger partial charge in [-0.3, -0.25) is 0 Å². The summed E-state index contributed by atoms with van der Waals surface area (Å²) in [5.74, 6) is 0.0217. The van der Waals surface area contributed by atoms with E-state index in [4.69, 9.17) is 5.11 Å². The fraction of sp³-hybridized carbons (Fsp3) is 0.400. The van der Waals surface area contributed by atoms with Gasteiger partial charge in [0.1, 0.15) is 0 Å². The normalized spacial score (nSPS) is 14.4. The van der Waals surface area contributed by atoms with Crippen molar-refractivity contribution in [3.8, 4) is 0 Å². The highest BCUT2D eigenvalue weighted by Crippen LogP contribution is 2.28. The van der Waals surface area contributed by atoms with Gasteiger partial charge in [-0.25, -0.2) is 4.79 Å². The van der Waals surface area contributed by atoms with Gasteiger partial charge in [0.2, 0.25) is 0 Å². The number of methoxy groups -OCH3 is 1. The van der Waals surface area contributed by atoms with E-state index in [0.717, 1.165) is 0 Å². The third kappa shape index (κ3) is 4.34. The molecule has 0 aliphatic carbocycles. The number of carbonyl (C=O) groups is 1. The average Bonchev–Trinajstić information content (AvgIpc) is 2.42. The van der Waals surface area contributed by atoms with Crippen LogP contribution in [-0.4, -0.2) is 24.8 Å². The summed E-state index contributed by atoms with van der Waals surface area (Å²) in [4.78, 5) is 11.1. The quantitative estimate of drug-likeness (QED) is 0.621. The molecule has 98 valence electrons. The SMILES string of the molecule is COC(=O)/C=C/[C@H](C)[C@@H](CCO)c1ccccc1. The molecule has 0 amide bonds. The molecule has 0 aliphatic heterocycles. The van der Waals surface area contributed by atoms with Crippen molar-refractivity contribution in [1.82, 2.24) is 0 Å².